The van der Waals surface area contributed by atoms with Crippen LogP contribution in [-0.2, 0) is 0 Å². The summed E-state index contributed by atoms with van der Waals surface area (Å²) in [7, 11) is 0. The first-order valence-electron chi connectivity index (χ1n) is 6.35. The van der Waals surface area contributed by atoms with Gasteiger partial charge in [-0.3, -0.25) is 4.79 Å². The van der Waals surface area contributed by atoms with Gasteiger partial charge in [-0.2, -0.15) is 0 Å². The zero-order valence-corrected chi connectivity index (χ0v) is 13.1. The average Bonchev–Trinajstić information content (AvgIpc) is 2.49. The van der Waals surface area contributed by atoms with Crippen LogP contribution in [0.2, 0.25) is 0 Å². The van der Waals surface area contributed by atoms with E-state index < -0.39 is 0 Å². The highest BCUT2D eigenvalue weighted by Gasteiger charge is 2.09. The van der Waals surface area contributed by atoms with Gasteiger partial charge in [-0.15, -0.1) is 6.58 Å². The SMILES string of the molecule is C=CCNc1nccc(C(=O)Nc2ccc(C)c(Br)c2)n1. The molecule has 0 aliphatic carbocycles. The van der Waals surface area contributed by atoms with Gasteiger partial charge in [-0.1, -0.05) is 28.1 Å². The topological polar surface area (TPSA) is 66.9 Å². The fourth-order valence-corrected chi connectivity index (χ4v) is 1.98. The molecule has 0 saturated carbocycles. The second-order valence-electron chi connectivity index (χ2n) is 4.35. The highest BCUT2D eigenvalue weighted by atomic mass is 79.9. The molecule has 2 N–H and O–H groups in total. The summed E-state index contributed by atoms with van der Waals surface area (Å²) in [6, 6.07) is 7.19. The highest BCUT2D eigenvalue weighted by molar-refractivity contribution is 9.10. The molecule has 0 spiro atoms. The minimum atomic E-state index is -0.283. The molecule has 6 heteroatoms. The number of nitrogens with one attached hydrogen (secondary N) is 2. The van der Waals surface area contributed by atoms with Gasteiger partial charge in [-0.05, 0) is 30.7 Å². The van der Waals surface area contributed by atoms with E-state index in [1.165, 1.54) is 0 Å². The number of nitrogens with zero attached hydrogens (tertiary/aromatic N) is 2. The molecule has 0 unspecified atom stereocenters. The standard InChI is InChI=1S/C15H15BrN4O/c1-3-7-17-15-18-8-6-13(20-15)14(21)19-11-5-4-10(2)12(16)9-11/h3-6,8-9H,1,7H2,2H3,(H,19,21)(H,17,18,20). The Morgan fingerprint density at radius 3 is 2.95 bits per heavy atom. The predicted octanol–water partition coefficient (Wildman–Crippen LogP) is 3.40. The monoisotopic (exact) mass is 346 g/mol. The van der Waals surface area contributed by atoms with Crippen LogP contribution < -0.4 is 10.6 Å². The molecular weight excluding hydrogens is 332 g/mol. The molecule has 0 saturated heterocycles. The largest absolute Gasteiger partial charge is 0.351 e. The maximum atomic E-state index is 12.2. The van der Waals surface area contributed by atoms with Gasteiger partial charge in [0.05, 0.1) is 0 Å². The van der Waals surface area contributed by atoms with Crippen LogP contribution in [0.3, 0.4) is 0 Å². The van der Waals surface area contributed by atoms with Crippen LogP contribution >= 0.6 is 15.9 Å². The molecule has 0 aliphatic heterocycles. The molecule has 1 amide bonds. The maximum Gasteiger partial charge on any atom is 0.274 e. The molecule has 0 fully saturated rings. The fraction of sp³-hybridized carbons (Fsp3) is 0.133. The van der Waals surface area contributed by atoms with Crippen molar-refractivity contribution < 1.29 is 4.79 Å². The first-order valence-corrected chi connectivity index (χ1v) is 7.15. The summed E-state index contributed by atoms with van der Waals surface area (Å²) in [5.41, 5.74) is 2.11. The maximum absolute atomic E-state index is 12.2. The van der Waals surface area contributed by atoms with E-state index >= 15 is 0 Å². The number of rotatable bonds is 5. The lowest BCUT2D eigenvalue weighted by atomic mass is 10.2. The Morgan fingerprint density at radius 1 is 1.43 bits per heavy atom. The summed E-state index contributed by atoms with van der Waals surface area (Å²) in [6.07, 6.45) is 3.23. The molecule has 2 aromatic rings. The van der Waals surface area contributed by atoms with Gasteiger partial charge in [0, 0.05) is 22.9 Å². The van der Waals surface area contributed by atoms with Crippen LogP contribution in [0.25, 0.3) is 0 Å². The van der Waals surface area contributed by atoms with Crippen LogP contribution in [0, 0.1) is 6.92 Å². The summed E-state index contributed by atoms with van der Waals surface area (Å²) < 4.78 is 0.941. The lowest BCUT2D eigenvalue weighted by Gasteiger charge is -2.07. The molecule has 108 valence electrons. The minimum absolute atomic E-state index is 0.283. The van der Waals surface area contributed by atoms with Crippen molar-refractivity contribution in [3.8, 4) is 0 Å². The molecule has 0 atom stereocenters. The van der Waals surface area contributed by atoms with E-state index in [9.17, 15) is 4.79 Å². The molecule has 0 radical (unpaired) electrons. The van der Waals surface area contributed by atoms with E-state index in [1.807, 2.05) is 25.1 Å². The number of carbonyl (C=O) groups excluding carboxylic acids is 1. The number of aromatic nitrogens is 2. The Hall–Kier alpha value is -2.21. The van der Waals surface area contributed by atoms with Gasteiger partial charge in [0.15, 0.2) is 0 Å². The van der Waals surface area contributed by atoms with Crippen molar-refractivity contribution in [1.82, 2.24) is 9.97 Å². The molecule has 1 aromatic heterocycles. The Morgan fingerprint density at radius 2 is 2.24 bits per heavy atom. The van der Waals surface area contributed by atoms with Crippen LogP contribution in [0.1, 0.15) is 16.1 Å². The Bertz CT molecular complexity index is 672. The van der Waals surface area contributed by atoms with Crippen LogP contribution in [0.4, 0.5) is 11.6 Å². The predicted molar refractivity (Wildman–Crippen MR) is 87.6 cm³/mol. The lowest BCUT2D eigenvalue weighted by Crippen LogP contribution is -2.15. The summed E-state index contributed by atoms with van der Waals surface area (Å²) in [6.45, 7) is 6.12. The van der Waals surface area contributed by atoms with Gasteiger partial charge < -0.3 is 10.6 Å². The van der Waals surface area contributed by atoms with Gasteiger partial charge in [0.2, 0.25) is 5.95 Å². The van der Waals surface area contributed by atoms with E-state index in [0.29, 0.717) is 23.9 Å². The Balaban J connectivity index is 2.12. The Labute approximate surface area is 131 Å². The van der Waals surface area contributed by atoms with Crippen molar-refractivity contribution in [2.24, 2.45) is 0 Å². The smallest absolute Gasteiger partial charge is 0.274 e. The third-order valence-electron chi connectivity index (χ3n) is 2.72. The molecule has 0 bridgehead atoms. The van der Waals surface area contributed by atoms with Crippen molar-refractivity contribution in [3.05, 3.63) is 58.8 Å². The average molecular weight is 347 g/mol. The normalized spacial score (nSPS) is 10.0. The highest BCUT2D eigenvalue weighted by Crippen LogP contribution is 2.21. The molecule has 0 aliphatic rings. The lowest BCUT2D eigenvalue weighted by molar-refractivity contribution is 0.102. The zero-order valence-electron chi connectivity index (χ0n) is 11.6. The van der Waals surface area contributed by atoms with Crippen LogP contribution in [0.15, 0.2) is 47.6 Å². The van der Waals surface area contributed by atoms with Gasteiger partial charge >= 0.3 is 0 Å². The number of anilines is 2. The number of aryl methyl sites for hydroxylation is 1. The quantitative estimate of drug-likeness (QED) is 0.814. The number of carbonyl (C=O) groups is 1. The van der Waals surface area contributed by atoms with Crippen molar-refractivity contribution in [3.63, 3.8) is 0 Å². The zero-order chi connectivity index (χ0) is 15.2. The van der Waals surface area contributed by atoms with Gasteiger partial charge in [0.25, 0.3) is 5.91 Å². The summed E-state index contributed by atoms with van der Waals surface area (Å²) >= 11 is 3.44. The molecule has 21 heavy (non-hydrogen) atoms. The summed E-state index contributed by atoms with van der Waals surface area (Å²) in [5, 5.41) is 5.74. The second kappa shape index (κ2) is 6.99. The van der Waals surface area contributed by atoms with Crippen molar-refractivity contribution in [2.75, 3.05) is 17.2 Å². The molecule has 1 heterocycles. The molecule has 2 rings (SSSR count). The minimum Gasteiger partial charge on any atom is -0.351 e. The van der Waals surface area contributed by atoms with Crippen molar-refractivity contribution in [1.29, 1.82) is 0 Å². The van der Waals surface area contributed by atoms with Crippen molar-refractivity contribution >= 4 is 33.5 Å². The van der Waals surface area contributed by atoms with Crippen LogP contribution in [0.5, 0.6) is 0 Å². The molecule has 5 nitrogen and oxygen atoms in total. The summed E-state index contributed by atoms with van der Waals surface area (Å²) in [4.78, 5) is 20.4. The fourth-order valence-electron chi connectivity index (χ4n) is 1.60. The van der Waals surface area contributed by atoms with Gasteiger partial charge in [-0.25, -0.2) is 9.97 Å². The number of halogens is 1. The number of benzene rings is 1. The van der Waals surface area contributed by atoms with E-state index in [1.54, 1.807) is 18.3 Å². The van der Waals surface area contributed by atoms with E-state index in [-0.39, 0.29) is 5.91 Å². The number of hydrogen-bond donors (Lipinski definition) is 2. The number of amides is 1. The van der Waals surface area contributed by atoms with Gasteiger partial charge in [0.1, 0.15) is 5.69 Å². The molecule has 1 aromatic carbocycles. The van der Waals surface area contributed by atoms with Crippen molar-refractivity contribution in [2.45, 2.75) is 6.92 Å². The molecular formula is C15H15BrN4O. The second-order valence-corrected chi connectivity index (χ2v) is 5.21. The van der Waals surface area contributed by atoms with Crippen LogP contribution in [-0.4, -0.2) is 22.4 Å². The Kier molecular flexibility index (Phi) is 5.05. The first kappa shape index (κ1) is 15.2. The number of hydrogen-bond acceptors (Lipinski definition) is 4. The first-order chi connectivity index (χ1) is 10.1. The van der Waals surface area contributed by atoms with E-state index in [4.69, 9.17) is 0 Å². The third-order valence-corrected chi connectivity index (χ3v) is 3.58. The third kappa shape index (κ3) is 4.13. The van der Waals surface area contributed by atoms with E-state index in [0.717, 1.165) is 10.0 Å². The summed E-state index contributed by atoms with van der Waals surface area (Å²) in [5.74, 6) is 0.113. The van der Waals surface area contributed by atoms with E-state index in [2.05, 4.69) is 43.1 Å².